The van der Waals surface area contributed by atoms with Gasteiger partial charge in [0.1, 0.15) is 4.64 Å². The van der Waals surface area contributed by atoms with E-state index in [-0.39, 0.29) is 0 Å². The second-order valence-electron chi connectivity index (χ2n) is 3.43. The molecule has 0 atom stereocenters. The molecule has 0 radical (unpaired) electrons. The topological polar surface area (TPSA) is 20.7 Å². The van der Waals surface area contributed by atoms with Crippen LogP contribution in [0.4, 0.5) is 0 Å². The van der Waals surface area contributed by atoms with Gasteiger partial charge in [-0.05, 0) is 18.6 Å². The number of nitrogens with zero attached hydrogens (tertiary/aromatic N) is 1. The van der Waals surface area contributed by atoms with Crippen molar-refractivity contribution in [3.05, 3.63) is 40.5 Å². The molecule has 1 aromatic heterocycles. The monoisotopic (exact) mass is 204 g/mol. The molecule has 0 saturated heterocycles. The molecule has 2 rings (SSSR count). The Morgan fingerprint density at radius 3 is 2.36 bits per heavy atom. The first kappa shape index (κ1) is 9.21. The van der Waals surface area contributed by atoms with E-state index >= 15 is 0 Å². The number of nitrogens with one attached hydrogen (secondary N) is 1. The second kappa shape index (κ2) is 3.42. The summed E-state index contributed by atoms with van der Waals surface area (Å²) in [7, 11) is 1.96. The highest BCUT2D eigenvalue weighted by molar-refractivity contribution is 7.71. The Morgan fingerprint density at radius 2 is 1.86 bits per heavy atom. The van der Waals surface area contributed by atoms with Gasteiger partial charge in [0.15, 0.2) is 0 Å². The fourth-order valence-electron chi connectivity index (χ4n) is 1.48. The fourth-order valence-corrected chi connectivity index (χ4v) is 1.73. The van der Waals surface area contributed by atoms with Crippen molar-refractivity contribution in [2.75, 3.05) is 0 Å². The minimum atomic E-state index is 0.767. The van der Waals surface area contributed by atoms with Gasteiger partial charge in [-0.15, -0.1) is 0 Å². The predicted molar refractivity (Wildman–Crippen MR) is 60.8 cm³/mol. The largest absolute Gasteiger partial charge is 0.289 e. The van der Waals surface area contributed by atoms with Gasteiger partial charge in [0, 0.05) is 7.05 Å². The number of aromatic amines is 1. The van der Waals surface area contributed by atoms with Crippen molar-refractivity contribution < 1.29 is 0 Å². The Morgan fingerprint density at radius 1 is 1.21 bits per heavy atom. The van der Waals surface area contributed by atoms with Crippen LogP contribution in [0.25, 0.3) is 11.3 Å². The first-order chi connectivity index (χ1) is 6.66. The van der Waals surface area contributed by atoms with Gasteiger partial charge < -0.3 is 0 Å². The van der Waals surface area contributed by atoms with Crippen molar-refractivity contribution in [2.24, 2.45) is 7.05 Å². The minimum absolute atomic E-state index is 0.767. The quantitative estimate of drug-likeness (QED) is 0.708. The van der Waals surface area contributed by atoms with E-state index in [0.29, 0.717) is 0 Å². The van der Waals surface area contributed by atoms with Crippen LogP contribution < -0.4 is 0 Å². The zero-order chi connectivity index (χ0) is 10.1. The van der Waals surface area contributed by atoms with Gasteiger partial charge in [0.05, 0.1) is 5.69 Å². The van der Waals surface area contributed by atoms with E-state index < -0.39 is 0 Å². The van der Waals surface area contributed by atoms with Crippen molar-refractivity contribution in [1.82, 2.24) is 9.78 Å². The Hall–Kier alpha value is -1.35. The molecule has 0 aliphatic rings. The number of H-pyrrole nitrogens is 1. The molecule has 0 fully saturated rings. The smallest absolute Gasteiger partial charge is 0.120 e. The van der Waals surface area contributed by atoms with E-state index in [1.165, 1.54) is 11.1 Å². The molecule has 1 aromatic carbocycles. The third-order valence-corrected chi connectivity index (χ3v) is 2.46. The van der Waals surface area contributed by atoms with Gasteiger partial charge in [-0.25, -0.2) is 0 Å². The van der Waals surface area contributed by atoms with Gasteiger partial charge in [-0.1, -0.05) is 42.0 Å². The van der Waals surface area contributed by atoms with Crippen LogP contribution >= 0.6 is 12.2 Å². The number of rotatable bonds is 1. The molecule has 0 spiro atoms. The van der Waals surface area contributed by atoms with Crippen LogP contribution in [0.3, 0.4) is 0 Å². The van der Waals surface area contributed by atoms with Crippen molar-refractivity contribution in [3.8, 4) is 11.3 Å². The predicted octanol–water partition coefficient (Wildman–Crippen LogP) is 3.06. The minimum Gasteiger partial charge on any atom is -0.289 e. The molecule has 0 aliphatic carbocycles. The molecule has 3 heteroatoms. The summed E-state index contributed by atoms with van der Waals surface area (Å²) in [5.41, 5.74) is 3.57. The van der Waals surface area contributed by atoms with Gasteiger partial charge >= 0.3 is 0 Å². The molecule has 2 aromatic rings. The summed E-state index contributed by atoms with van der Waals surface area (Å²) in [5, 5.41) is 3.05. The lowest BCUT2D eigenvalue weighted by Gasteiger charge is -2.02. The van der Waals surface area contributed by atoms with Crippen LogP contribution in [-0.4, -0.2) is 9.78 Å². The molecule has 72 valence electrons. The van der Waals surface area contributed by atoms with E-state index in [1.54, 1.807) is 0 Å². The summed E-state index contributed by atoms with van der Waals surface area (Å²) < 4.78 is 2.70. The van der Waals surface area contributed by atoms with E-state index in [2.05, 4.69) is 36.3 Å². The lowest BCUT2D eigenvalue weighted by molar-refractivity contribution is 0.771. The van der Waals surface area contributed by atoms with Crippen LogP contribution in [0, 0.1) is 11.6 Å². The molecule has 0 amide bonds. The highest BCUT2D eigenvalue weighted by Crippen LogP contribution is 2.18. The summed E-state index contributed by atoms with van der Waals surface area (Å²) in [6.07, 6.45) is 0. The Labute approximate surface area is 88.2 Å². The molecule has 1 N–H and O–H groups in total. The fraction of sp³-hybridized carbons (Fsp3) is 0.182. The van der Waals surface area contributed by atoms with Gasteiger partial charge in [-0.3, -0.25) is 9.78 Å². The second-order valence-corrected chi connectivity index (χ2v) is 3.87. The lowest BCUT2D eigenvalue weighted by atomic mass is 10.1. The average Bonchev–Trinajstić information content (AvgIpc) is 2.47. The maximum atomic E-state index is 5.07. The van der Waals surface area contributed by atoms with Crippen LogP contribution in [0.5, 0.6) is 0 Å². The van der Waals surface area contributed by atoms with Crippen LogP contribution in [0.2, 0.25) is 0 Å². The molecule has 2 nitrogen and oxygen atoms in total. The van der Waals surface area contributed by atoms with Gasteiger partial charge in [0.2, 0.25) is 0 Å². The number of aromatic nitrogens is 2. The highest BCUT2D eigenvalue weighted by atomic mass is 32.1. The van der Waals surface area contributed by atoms with E-state index in [9.17, 15) is 0 Å². The SMILES string of the molecule is Cc1ccc(-c2cc(=S)[nH]n2C)cc1. The Kier molecular flexibility index (Phi) is 2.25. The van der Waals surface area contributed by atoms with Crippen molar-refractivity contribution >= 4 is 12.2 Å². The Bertz CT molecular complexity index is 491. The standard InChI is InChI=1S/C11H12N2S/c1-8-3-5-9(6-4-8)10-7-11(14)12-13(10)2/h3-7H,1-2H3,(H,12,14). The summed E-state index contributed by atoms with van der Waals surface area (Å²) >= 11 is 5.07. The normalized spacial score (nSPS) is 10.4. The maximum absolute atomic E-state index is 5.07. The molecular weight excluding hydrogens is 192 g/mol. The third-order valence-electron chi connectivity index (χ3n) is 2.25. The summed E-state index contributed by atoms with van der Waals surface area (Å²) in [5.74, 6) is 0. The first-order valence-electron chi connectivity index (χ1n) is 4.50. The average molecular weight is 204 g/mol. The molecule has 1 heterocycles. The number of benzene rings is 1. The zero-order valence-electron chi connectivity index (χ0n) is 8.24. The molecule has 0 unspecified atom stereocenters. The molecular formula is C11H12N2S. The Balaban J connectivity index is 2.54. The van der Waals surface area contributed by atoms with Crippen molar-refractivity contribution in [3.63, 3.8) is 0 Å². The van der Waals surface area contributed by atoms with E-state index in [4.69, 9.17) is 12.2 Å². The first-order valence-corrected chi connectivity index (χ1v) is 4.91. The molecule has 0 saturated carbocycles. The number of hydrogen-bond acceptors (Lipinski definition) is 1. The zero-order valence-corrected chi connectivity index (χ0v) is 9.06. The third kappa shape index (κ3) is 1.63. The lowest BCUT2D eigenvalue weighted by Crippen LogP contribution is -1.93. The van der Waals surface area contributed by atoms with Gasteiger partial charge in [0.25, 0.3) is 0 Å². The van der Waals surface area contributed by atoms with Crippen LogP contribution in [-0.2, 0) is 7.05 Å². The summed E-state index contributed by atoms with van der Waals surface area (Å²) in [6, 6.07) is 10.4. The van der Waals surface area contributed by atoms with Crippen molar-refractivity contribution in [1.29, 1.82) is 0 Å². The summed E-state index contributed by atoms with van der Waals surface area (Å²) in [4.78, 5) is 0. The van der Waals surface area contributed by atoms with E-state index in [0.717, 1.165) is 10.3 Å². The molecule has 0 aliphatic heterocycles. The highest BCUT2D eigenvalue weighted by Gasteiger charge is 2.01. The van der Waals surface area contributed by atoms with E-state index in [1.807, 2.05) is 17.8 Å². The molecule has 0 bridgehead atoms. The molecule has 14 heavy (non-hydrogen) atoms. The number of hydrogen-bond donors (Lipinski definition) is 1. The van der Waals surface area contributed by atoms with Crippen molar-refractivity contribution in [2.45, 2.75) is 6.92 Å². The van der Waals surface area contributed by atoms with Crippen LogP contribution in [0.1, 0.15) is 5.56 Å². The summed E-state index contributed by atoms with van der Waals surface area (Å²) in [6.45, 7) is 2.08. The number of aryl methyl sites for hydroxylation is 2. The van der Waals surface area contributed by atoms with Crippen LogP contribution in [0.15, 0.2) is 30.3 Å². The van der Waals surface area contributed by atoms with Gasteiger partial charge in [-0.2, -0.15) is 0 Å². The maximum Gasteiger partial charge on any atom is 0.120 e.